The van der Waals surface area contributed by atoms with Crippen LogP contribution in [0.1, 0.15) is 0 Å². The summed E-state index contributed by atoms with van der Waals surface area (Å²) in [5, 5.41) is 12.2. The smallest absolute Gasteiger partial charge is 0.101 e. The second-order valence-corrected chi connectivity index (χ2v) is 8.68. The van der Waals surface area contributed by atoms with Crippen LogP contribution in [-0.4, -0.2) is 0 Å². The molecule has 0 amide bonds. The molecule has 0 saturated heterocycles. The van der Waals surface area contributed by atoms with E-state index < -0.39 is 0 Å². The predicted molar refractivity (Wildman–Crippen MR) is 151 cm³/mol. The quantitative estimate of drug-likeness (QED) is 0.229. The highest BCUT2D eigenvalue weighted by Crippen LogP contribution is 2.42. The van der Waals surface area contributed by atoms with Gasteiger partial charge in [0, 0.05) is 16.7 Å². The molecule has 0 aliphatic heterocycles. The van der Waals surface area contributed by atoms with Crippen molar-refractivity contribution in [1.82, 2.24) is 0 Å². The van der Waals surface area contributed by atoms with Crippen molar-refractivity contribution in [3.8, 4) is 33.4 Å². The Morgan fingerprint density at radius 3 is 1.67 bits per heavy atom. The molecule has 0 fully saturated rings. The van der Waals surface area contributed by atoms with Gasteiger partial charge in [0.15, 0.2) is 0 Å². The highest BCUT2D eigenvalue weighted by atomic mass is 15.1. The molecule has 36 heavy (non-hydrogen) atoms. The summed E-state index contributed by atoms with van der Waals surface area (Å²) in [6.07, 6.45) is 0. The summed E-state index contributed by atoms with van der Waals surface area (Å²) in [4.78, 5) is 0. The Kier molecular flexibility index (Phi) is 5.91. The van der Waals surface area contributed by atoms with Crippen molar-refractivity contribution >= 4 is 22.1 Å². The third-order valence-corrected chi connectivity index (χ3v) is 6.45. The first kappa shape index (κ1) is 21.7. The maximum atomic E-state index is 4.95. The zero-order valence-electron chi connectivity index (χ0n) is 19.8. The molecule has 0 aromatic heterocycles. The molecule has 2 heteroatoms. The van der Waals surface area contributed by atoms with Crippen molar-refractivity contribution in [2.24, 2.45) is 10.2 Å². The molecule has 0 atom stereocenters. The van der Waals surface area contributed by atoms with Gasteiger partial charge in [0.25, 0.3) is 0 Å². The summed E-state index contributed by atoms with van der Waals surface area (Å²) >= 11 is 0. The van der Waals surface area contributed by atoms with Crippen LogP contribution in [0.15, 0.2) is 156 Å². The van der Waals surface area contributed by atoms with E-state index in [9.17, 15) is 0 Å². The van der Waals surface area contributed by atoms with Gasteiger partial charge in [0.05, 0.1) is 5.69 Å². The Bertz CT molecular complexity index is 1660. The molecule has 0 radical (unpaired) electrons. The lowest BCUT2D eigenvalue weighted by atomic mass is 9.93. The summed E-state index contributed by atoms with van der Waals surface area (Å²) in [5.74, 6) is 0. The molecule has 6 aromatic rings. The first-order valence-corrected chi connectivity index (χ1v) is 12.1. The molecule has 0 saturated carbocycles. The maximum absolute atomic E-state index is 4.95. The predicted octanol–water partition coefficient (Wildman–Crippen LogP) is 10.3. The van der Waals surface area contributed by atoms with E-state index in [1.807, 2.05) is 42.5 Å². The van der Waals surface area contributed by atoms with Crippen LogP contribution in [0.25, 0.3) is 44.2 Å². The zero-order valence-corrected chi connectivity index (χ0v) is 19.8. The number of fused-ring (bicyclic) bond motifs is 1. The van der Waals surface area contributed by atoms with E-state index >= 15 is 0 Å². The third-order valence-electron chi connectivity index (χ3n) is 6.45. The standard InChI is InChI=1S/C34H24N2/c1-3-13-26(14-4-1)29-20-9-10-24-33(29)35-36-34-30(27-15-5-2-6-16-27)21-12-23-32(34)31-22-11-18-25-17-7-8-19-28(25)31/h1-24H. The van der Waals surface area contributed by atoms with Gasteiger partial charge in [-0.2, -0.15) is 0 Å². The highest BCUT2D eigenvalue weighted by molar-refractivity contribution is 6.01. The molecule has 170 valence electrons. The van der Waals surface area contributed by atoms with E-state index in [0.29, 0.717) is 0 Å². The van der Waals surface area contributed by atoms with Crippen molar-refractivity contribution in [3.05, 3.63) is 146 Å². The molecule has 0 unspecified atom stereocenters. The zero-order chi connectivity index (χ0) is 24.2. The fourth-order valence-electron chi connectivity index (χ4n) is 4.71. The van der Waals surface area contributed by atoms with E-state index in [1.165, 1.54) is 10.8 Å². The Morgan fingerprint density at radius 2 is 0.861 bits per heavy atom. The van der Waals surface area contributed by atoms with Crippen molar-refractivity contribution in [3.63, 3.8) is 0 Å². The molecule has 0 aliphatic rings. The van der Waals surface area contributed by atoms with Crippen LogP contribution < -0.4 is 0 Å². The van der Waals surface area contributed by atoms with Crippen LogP contribution in [0.2, 0.25) is 0 Å². The largest absolute Gasteiger partial charge is 0.150 e. The fourth-order valence-corrected chi connectivity index (χ4v) is 4.71. The minimum absolute atomic E-state index is 0.843. The Hall–Kier alpha value is -4.82. The van der Waals surface area contributed by atoms with Crippen molar-refractivity contribution in [2.45, 2.75) is 0 Å². The number of nitrogens with zero attached hydrogens (tertiary/aromatic N) is 2. The van der Waals surface area contributed by atoms with Crippen LogP contribution in [-0.2, 0) is 0 Å². The number of hydrogen-bond acceptors (Lipinski definition) is 2. The number of azo groups is 1. The van der Waals surface area contributed by atoms with Crippen molar-refractivity contribution in [2.75, 3.05) is 0 Å². The second-order valence-electron chi connectivity index (χ2n) is 8.68. The number of benzene rings is 6. The highest BCUT2D eigenvalue weighted by Gasteiger charge is 2.14. The summed E-state index contributed by atoms with van der Waals surface area (Å²) in [5.41, 5.74) is 8.28. The molecule has 6 rings (SSSR count). The molecule has 0 bridgehead atoms. The SMILES string of the molecule is c1ccc(-c2ccccc2N=Nc2c(-c3ccccc3)cccc2-c2cccc3ccccc23)cc1. The first-order valence-electron chi connectivity index (χ1n) is 12.1. The van der Waals surface area contributed by atoms with Crippen molar-refractivity contribution in [1.29, 1.82) is 0 Å². The average Bonchev–Trinajstić information content (AvgIpc) is 2.97. The molecular formula is C34H24N2. The van der Waals surface area contributed by atoms with E-state index in [0.717, 1.165) is 44.8 Å². The van der Waals surface area contributed by atoms with E-state index in [-0.39, 0.29) is 0 Å². The lowest BCUT2D eigenvalue weighted by Gasteiger charge is -2.14. The van der Waals surface area contributed by atoms with Gasteiger partial charge in [0.1, 0.15) is 5.69 Å². The van der Waals surface area contributed by atoms with Gasteiger partial charge in [-0.3, -0.25) is 0 Å². The van der Waals surface area contributed by atoms with Gasteiger partial charge < -0.3 is 0 Å². The normalized spacial score (nSPS) is 11.2. The summed E-state index contributed by atoms with van der Waals surface area (Å²) in [6.45, 7) is 0. The average molecular weight is 461 g/mol. The molecule has 0 N–H and O–H groups in total. The molecule has 0 aliphatic carbocycles. The van der Waals surface area contributed by atoms with Gasteiger partial charge in [-0.25, -0.2) is 0 Å². The fraction of sp³-hybridized carbons (Fsp3) is 0. The number of rotatable bonds is 5. The Morgan fingerprint density at radius 1 is 0.333 bits per heavy atom. The molecule has 0 spiro atoms. The van der Waals surface area contributed by atoms with E-state index in [4.69, 9.17) is 10.2 Å². The summed E-state index contributed by atoms with van der Waals surface area (Å²) < 4.78 is 0. The van der Waals surface area contributed by atoms with Crippen LogP contribution in [0.5, 0.6) is 0 Å². The Labute approximate surface area is 211 Å². The monoisotopic (exact) mass is 460 g/mol. The molecule has 6 aromatic carbocycles. The molecular weight excluding hydrogens is 436 g/mol. The second kappa shape index (κ2) is 9.81. The van der Waals surface area contributed by atoms with Gasteiger partial charge in [-0.15, -0.1) is 10.2 Å². The molecule has 0 heterocycles. The number of hydrogen-bond donors (Lipinski definition) is 0. The van der Waals surface area contributed by atoms with Crippen LogP contribution in [0.3, 0.4) is 0 Å². The van der Waals surface area contributed by atoms with Gasteiger partial charge in [-0.1, -0.05) is 140 Å². The lowest BCUT2D eigenvalue weighted by molar-refractivity contribution is 1.23. The van der Waals surface area contributed by atoms with E-state index in [2.05, 4.69) is 103 Å². The van der Waals surface area contributed by atoms with Gasteiger partial charge in [-0.05, 0) is 33.5 Å². The maximum Gasteiger partial charge on any atom is 0.101 e. The first-order chi connectivity index (χ1) is 17.9. The third kappa shape index (κ3) is 4.21. The Balaban J connectivity index is 1.56. The summed E-state index contributed by atoms with van der Waals surface area (Å²) in [7, 11) is 0. The minimum atomic E-state index is 0.843. The van der Waals surface area contributed by atoms with Crippen molar-refractivity contribution < 1.29 is 0 Å². The summed E-state index contributed by atoms with van der Waals surface area (Å²) in [6, 6.07) is 50.2. The topological polar surface area (TPSA) is 24.7 Å². The molecule has 2 nitrogen and oxygen atoms in total. The van der Waals surface area contributed by atoms with Crippen LogP contribution in [0, 0.1) is 0 Å². The lowest BCUT2D eigenvalue weighted by Crippen LogP contribution is -1.86. The van der Waals surface area contributed by atoms with Crippen LogP contribution in [0.4, 0.5) is 11.4 Å². The van der Waals surface area contributed by atoms with Gasteiger partial charge >= 0.3 is 0 Å². The minimum Gasteiger partial charge on any atom is -0.150 e. The van der Waals surface area contributed by atoms with Gasteiger partial charge in [0.2, 0.25) is 0 Å². The van der Waals surface area contributed by atoms with Crippen LogP contribution >= 0.6 is 0 Å². The van der Waals surface area contributed by atoms with E-state index in [1.54, 1.807) is 0 Å².